The predicted octanol–water partition coefficient (Wildman–Crippen LogP) is 3.63. The number of hydrogen-bond donors (Lipinski definition) is 1. The summed E-state index contributed by atoms with van der Waals surface area (Å²) in [5.74, 6) is 0.509. The normalized spacial score (nSPS) is 29.1. The van der Waals surface area contributed by atoms with Crippen LogP contribution in [0.3, 0.4) is 0 Å². The van der Waals surface area contributed by atoms with Crippen LogP contribution < -0.4 is 5.32 Å². The van der Waals surface area contributed by atoms with Crippen molar-refractivity contribution in [1.82, 2.24) is 10.3 Å². The molecule has 3 rings (SSSR count). The van der Waals surface area contributed by atoms with Crippen LogP contribution in [0.2, 0.25) is 0 Å². The molecule has 2 fully saturated rings. The zero-order valence-electron chi connectivity index (χ0n) is 12.1. The highest BCUT2D eigenvalue weighted by Gasteiger charge is 2.36. The number of hydrogen-bond acceptors (Lipinski definition) is 4. The molecule has 1 saturated carbocycles. The first-order valence-electron chi connectivity index (χ1n) is 7.50. The predicted molar refractivity (Wildman–Crippen MR) is 78.7 cm³/mol. The van der Waals surface area contributed by atoms with Gasteiger partial charge in [-0.1, -0.05) is 13.8 Å². The lowest BCUT2D eigenvalue weighted by atomic mass is 10.1. The van der Waals surface area contributed by atoms with E-state index < -0.39 is 0 Å². The highest BCUT2D eigenvalue weighted by molar-refractivity contribution is 7.09. The molecule has 0 amide bonds. The van der Waals surface area contributed by atoms with Crippen molar-refractivity contribution in [3.8, 4) is 0 Å². The maximum Gasteiger partial charge on any atom is 0.113 e. The van der Waals surface area contributed by atoms with Crippen LogP contribution in [-0.4, -0.2) is 23.2 Å². The third-order valence-corrected chi connectivity index (χ3v) is 4.97. The van der Waals surface area contributed by atoms with Crippen LogP contribution in [0, 0.1) is 0 Å². The lowest BCUT2D eigenvalue weighted by molar-refractivity contribution is 0.0310. The molecule has 0 aromatic carbocycles. The standard InChI is InChI=1S/C15H24N2OS/c1-9(2)12-8-19-15(17-12)14(16-11-5-6-11)13-7-4-10(3)18-13/h8-11,13-14,16H,4-7H2,1-3H3. The SMILES string of the molecule is CC1CCC(C(NC2CC2)c2nc(C(C)C)cs2)O1. The lowest BCUT2D eigenvalue weighted by Crippen LogP contribution is -2.33. The van der Waals surface area contributed by atoms with Crippen molar-refractivity contribution in [2.24, 2.45) is 0 Å². The summed E-state index contributed by atoms with van der Waals surface area (Å²) in [6.45, 7) is 6.59. The first kappa shape index (κ1) is 13.5. The topological polar surface area (TPSA) is 34.2 Å². The van der Waals surface area contributed by atoms with E-state index in [4.69, 9.17) is 9.72 Å². The van der Waals surface area contributed by atoms with Crippen molar-refractivity contribution in [2.45, 2.75) is 76.7 Å². The molecule has 1 N–H and O–H groups in total. The fraction of sp³-hybridized carbons (Fsp3) is 0.800. The lowest BCUT2D eigenvalue weighted by Gasteiger charge is -2.23. The summed E-state index contributed by atoms with van der Waals surface area (Å²) in [6.07, 6.45) is 5.65. The van der Waals surface area contributed by atoms with Crippen LogP contribution in [-0.2, 0) is 4.74 Å². The van der Waals surface area contributed by atoms with Crippen molar-refractivity contribution in [2.75, 3.05) is 0 Å². The zero-order valence-corrected chi connectivity index (χ0v) is 12.9. The monoisotopic (exact) mass is 280 g/mol. The fourth-order valence-electron chi connectivity index (χ4n) is 2.63. The van der Waals surface area contributed by atoms with E-state index in [1.807, 2.05) is 0 Å². The molecular weight excluding hydrogens is 256 g/mol. The van der Waals surface area contributed by atoms with Crippen molar-refractivity contribution in [3.63, 3.8) is 0 Å². The summed E-state index contributed by atoms with van der Waals surface area (Å²) in [4.78, 5) is 4.84. The van der Waals surface area contributed by atoms with Crippen LogP contribution in [0.1, 0.15) is 69.1 Å². The average Bonchev–Trinajstić information content (AvgIpc) is 2.89. The van der Waals surface area contributed by atoms with E-state index >= 15 is 0 Å². The third kappa shape index (κ3) is 3.18. The molecule has 1 aromatic heterocycles. The molecule has 1 aromatic rings. The Balaban J connectivity index is 1.76. The van der Waals surface area contributed by atoms with Gasteiger partial charge >= 0.3 is 0 Å². The number of ether oxygens (including phenoxy) is 1. The maximum atomic E-state index is 6.08. The molecule has 2 heterocycles. The van der Waals surface area contributed by atoms with Crippen LogP contribution in [0.15, 0.2) is 5.38 Å². The molecule has 3 atom stereocenters. The average molecular weight is 280 g/mol. The van der Waals surface area contributed by atoms with Gasteiger partial charge in [0.2, 0.25) is 0 Å². The van der Waals surface area contributed by atoms with E-state index in [9.17, 15) is 0 Å². The van der Waals surface area contributed by atoms with Crippen molar-refractivity contribution in [3.05, 3.63) is 16.1 Å². The Morgan fingerprint density at radius 1 is 1.32 bits per heavy atom. The quantitative estimate of drug-likeness (QED) is 0.894. The van der Waals surface area contributed by atoms with Crippen molar-refractivity contribution < 1.29 is 4.74 Å². The summed E-state index contributed by atoms with van der Waals surface area (Å²) in [5.41, 5.74) is 1.22. The largest absolute Gasteiger partial charge is 0.373 e. The minimum Gasteiger partial charge on any atom is -0.373 e. The van der Waals surface area contributed by atoms with Gasteiger partial charge in [-0.05, 0) is 38.5 Å². The number of rotatable bonds is 5. The van der Waals surface area contributed by atoms with Crippen LogP contribution in [0.5, 0.6) is 0 Å². The molecule has 4 heteroatoms. The van der Waals surface area contributed by atoms with E-state index in [1.54, 1.807) is 11.3 Å². The second-order valence-corrected chi connectivity index (χ2v) is 7.14. The van der Waals surface area contributed by atoms with Gasteiger partial charge < -0.3 is 10.1 Å². The van der Waals surface area contributed by atoms with Gasteiger partial charge in [-0.25, -0.2) is 4.98 Å². The Morgan fingerprint density at radius 3 is 2.63 bits per heavy atom. The Bertz CT molecular complexity index is 428. The van der Waals surface area contributed by atoms with Gasteiger partial charge in [-0.2, -0.15) is 0 Å². The number of thiazole rings is 1. The van der Waals surface area contributed by atoms with Gasteiger partial charge in [0.15, 0.2) is 0 Å². The summed E-state index contributed by atoms with van der Waals surface area (Å²) in [7, 11) is 0. The minimum atomic E-state index is 0.301. The second kappa shape index (κ2) is 5.51. The van der Waals surface area contributed by atoms with Gasteiger partial charge in [-0.3, -0.25) is 0 Å². The summed E-state index contributed by atoms with van der Waals surface area (Å²) < 4.78 is 6.08. The Hall–Kier alpha value is -0.450. The first-order valence-corrected chi connectivity index (χ1v) is 8.38. The number of nitrogens with zero attached hydrogens (tertiary/aromatic N) is 1. The van der Waals surface area contributed by atoms with Gasteiger partial charge in [-0.15, -0.1) is 11.3 Å². The highest BCUT2D eigenvalue weighted by atomic mass is 32.1. The molecule has 3 unspecified atom stereocenters. The smallest absolute Gasteiger partial charge is 0.113 e. The van der Waals surface area contributed by atoms with E-state index in [1.165, 1.54) is 30.0 Å². The molecule has 106 valence electrons. The number of nitrogens with one attached hydrogen (secondary N) is 1. The van der Waals surface area contributed by atoms with Crippen LogP contribution >= 0.6 is 11.3 Å². The van der Waals surface area contributed by atoms with E-state index in [0.717, 1.165) is 6.42 Å². The van der Waals surface area contributed by atoms with Gasteiger partial charge in [0.25, 0.3) is 0 Å². The maximum absolute atomic E-state index is 6.08. The molecule has 0 radical (unpaired) electrons. The summed E-state index contributed by atoms with van der Waals surface area (Å²) in [5, 5.41) is 7.17. The Morgan fingerprint density at radius 2 is 2.11 bits per heavy atom. The van der Waals surface area contributed by atoms with Gasteiger partial charge in [0.1, 0.15) is 5.01 Å². The Kier molecular flexibility index (Phi) is 3.92. The molecule has 1 aliphatic carbocycles. The third-order valence-electron chi connectivity index (χ3n) is 4.03. The molecular formula is C15H24N2OS. The van der Waals surface area contributed by atoms with Crippen molar-refractivity contribution >= 4 is 11.3 Å². The summed E-state index contributed by atoms with van der Waals surface area (Å²) >= 11 is 1.79. The zero-order chi connectivity index (χ0) is 13.4. The molecule has 2 aliphatic rings. The summed E-state index contributed by atoms with van der Waals surface area (Å²) in [6, 6.07) is 0.992. The molecule has 19 heavy (non-hydrogen) atoms. The number of aromatic nitrogens is 1. The van der Waals surface area contributed by atoms with Gasteiger partial charge in [0, 0.05) is 11.4 Å². The van der Waals surface area contributed by atoms with Gasteiger partial charge in [0.05, 0.1) is 23.9 Å². The van der Waals surface area contributed by atoms with E-state index in [-0.39, 0.29) is 0 Å². The van der Waals surface area contributed by atoms with Crippen LogP contribution in [0.25, 0.3) is 0 Å². The highest BCUT2D eigenvalue weighted by Crippen LogP contribution is 2.35. The van der Waals surface area contributed by atoms with Crippen molar-refractivity contribution in [1.29, 1.82) is 0 Å². The molecule has 0 bridgehead atoms. The molecule has 1 aliphatic heterocycles. The molecule has 3 nitrogen and oxygen atoms in total. The van der Waals surface area contributed by atoms with Crippen LogP contribution in [0.4, 0.5) is 0 Å². The minimum absolute atomic E-state index is 0.301. The van der Waals surface area contributed by atoms with E-state index in [2.05, 4.69) is 31.5 Å². The Labute approximate surface area is 119 Å². The van der Waals surface area contributed by atoms with E-state index in [0.29, 0.717) is 30.2 Å². The molecule has 1 saturated heterocycles. The fourth-order valence-corrected chi connectivity index (χ4v) is 3.72. The second-order valence-electron chi connectivity index (χ2n) is 6.25. The first-order chi connectivity index (χ1) is 9.13. The molecule has 0 spiro atoms.